The fourth-order valence-electron chi connectivity index (χ4n) is 2.69. The second-order valence-electron chi connectivity index (χ2n) is 5.87. The molecule has 134 valence electrons. The summed E-state index contributed by atoms with van der Waals surface area (Å²) in [5, 5.41) is 0.296. The van der Waals surface area contributed by atoms with Crippen molar-refractivity contribution in [3.8, 4) is 11.5 Å². The Balaban J connectivity index is 1.54. The smallest absolute Gasteiger partial charge is 0.231 e. The number of rotatable bonds is 4. The van der Waals surface area contributed by atoms with Crippen LogP contribution in [0.4, 0.5) is 4.39 Å². The van der Waals surface area contributed by atoms with Gasteiger partial charge in [0.05, 0.1) is 10.6 Å². The van der Waals surface area contributed by atoms with E-state index in [4.69, 9.17) is 21.1 Å². The largest absolute Gasteiger partial charge is 0.489 e. The number of Topliss-reactive ketones (excluding diaryl/α,β-unsaturated/α-hetero) is 1. The molecule has 2 aromatic carbocycles. The molecule has 6 heteroatoms. The molecule has 2 heterocycles. The van der Waals surface area contributed by atoms with E-state index in [1.165, 1.54) is 12.1 Å². The molecule has 0 N–H and O–H groups in total. The van der Waals surface area contributed by atoms with E-state index in [2.05, 4.69) is 4.98 Å². The van der Waals surface area contributed by atoms with Crippen molar-refractivity contribution in [3.63, 3.8) is 0 Å². The van der Waals surface area contributed by atoms with Crippen LogP contribution in [-0.2, 0) is 6.61 Å². The molecule has 0 saturated heterocycles. The third kappa shape index (κ3) is 3.55. The molecule has 1 aliphatic rings. The van der Waals surface area contributed by atoms with Gasteiger partial charge in [-0.3, -0.25) is 9.78 Å². The molecule has 0 fully saturated rings. The fourth-order valence-corrected chi connectivity index (χ4v) is 2.91. The Morgan fingerprint density at radius 3 is 2.74 bits per heavy atom. The number of carbonyl (C=O) groups is 1. The van der Waals surface area contributed by atoms with E-state index in [-0.39, 0.29) is 23.7 Å². The Morgan fingerprint density at radius 1 is 1.15 bits per heavy atom. The number of halogens is 2. The van der Waals surface area contributed by atoms with E-state index in [1.807, 2.05) is 0 Å². The van der Waals surface area contributed by atoms with Crippen molar-refractivity contribution in [1.29, 1.82) is 0 Å². The first-order valence-corrected chi connectivity index (χ1v) is 8.53. The zero-order valence-electron chi connectivity index (χ0n) is 14.0. The molecule has 27 heavy (non-hydrogen) atoms. The minimum Gasteiger partial charge on any atom is -0.489 e. The minimum atomic E-state index is -0.433. The van der Waals surface area contributed by atoms with Crippen molar-refractivity contribution in [2.75, 3.05) is 0 Å². The molecular formula is C21H13ClFNO3. The number of hydrogen-bond donors (Lipinski definition) is 0. The van der Waals surface area contributed by atoms with E-state index in [1.54, 1.807) is 54.9 Å². The average Bonchev–Trinajstić information content (AvgIpc) is 2.97. The number of allylic oxidation sites excluding steroid dienone is 1. The molecule has 0 atom stereocenters. The van der Waals surface area contributed by atoms with Crippen LogP contribution in [0.1, 0.15) is 21.5 Å². The minimum absolute atomic E-state index is 0.0298. The first kappa shape index (κ1) is 17.2. The van der Waals surface area contributed by atoms with Crippen LogP contribution in [0.2, 0.25) is 5.02 Å². The van der Waals surface area contributed by atoms with Crippen molar-refractivity contribution in [2.24, 2.45) is 0 Å². The number of aromatic nitrogens is 1. The van der Waals surface area contributed by atoms with Gasteiger partial charge in [0.1, 0.15) is 23.9 Å². The van der Waals surface area contributed by atoms with E-state index < -0.39 is 5.82 Å². The third-order valence-corrected chi connectivity index (χ3v) is 4.44. The maximum absolute atomic E-state index is 13.8. The van der Waals surface area contributed by atoms with Crippen LogP contribution in [0, 0.1) is 5.82 Å². The van der Waals surface area contributed by atoms with Crippen LogP contribution in [0.25, 0.3) is 6.08 Å². The molecule has 0 saturated carbocycles. The van der Waals surface area contributed by atoms with Gasteiger partial charge < -0.3 is 9.47 Å². The molecule has 1 aliphatic heterocycles. The van der Waals surface area contributed by atoms with Crippen LogP contribution >= 0.6 is 11.6 Å². The summed E-state index contributed by atoms with van der Waals surface area (Å²) in [6.45, 7) is -0.0298. The maximum Gasteiger partial charge on any atom is 0.231 e. The van der Waals surface area contributed by atoms with Crippen LogP contribution in [0.15, 0.2) is 66.7 Å². The number of ether oxygens (including phenoxy) is 2. The van der Waals surface area contributed by atoms with Crippen molar-refractivity contribution in [1.82, 2.24) is 4.98 Å². The van der Waals surface area contributed by atoms with Crippen LogP contribution in [0.3, 0.4) is 0 Å². The average molecular weight is 382 g/mol. The lowest BCUT2D eigenvalue weighted by molar-refractivity contribution is 0.101. The molecular weight excluding hydrogens is 369 g/mol. The Labute approximate surface area is 159 Å². The molecule has 0 radical (unpaired) electrons. The van der Waals surface area contributed by atoms with Gasteiger partial charge in [0.25, 0.3) is 0 Å². The number of fused-ring (bicyclic) bond motifs is 1. The van der Waals surface area contributed by atoms with Gasteiger partial charge in [-0.1, -0.05) is 17.7 Å². The van der Waals surface area contributed by atoms with Gasteiger partial charge in [-0.25, -0.2) is 4.39 Å². The highest BCUT2D eigenvalue weighted by atomic mass is 35.5. The summed E-state index contributed by atoms with van der Waals surface area (Å²) in [6, 6.07) is 12.9. The summed E-state index contributed by atoms with van der Waals surface area (Å²) < 4.78 is 25.1. The van der Waals surface area contributed by atoms with Crippen LogP contribution < -0.4 is 9.47 Å². The van der Waals surface area contributed by atoms with Crippen molar-refractivity contribution < 1.29 is 18.7 Å². The molecule has 3 aromatic rings. The number of ketones is 1. The Bertz CT molecular complexity index is 1030. The van der Waals surface area contributed by atoms with Crippen LogP contribution in [0.5, 0.6) is 11.5 Å². The van der Waals surface area contributed by atoms with Crippen molar-refractivity contribution in [3.05, 3.63) is 94.2 Å². The predicted octanol–water partition coefficient (Wildman–Crippen LogP) is 5.07. The lowest BCUT2D eigenvalue weighted by Crippen LogP contribution is -1.99. The summed E-state index contributed by atoms with van der Waals surface area (Å²) in [6.07, 6.45) is 4.93. The van der Waals surface area contributed by atoms with E-state index in [0.717, 1.165) is 5.56 Å². The topological polar surface area (TPSA) is 48.4 Å². The first-order chi connectivity index (χ1) is 13.1. The summed E-state index contributed by atoms with van der Waals surface area (Å²) in [5.41, 5.74) is 1.54. The Hall–Kier alpha value is -3.18. The molecule has 4 rings (SSSR count). The maximum atomic E-state index is 13.8. The van der Waals surface area contributed by atoms with Gasteiger partial charge in [0.15, 0.2) is 5.76 Å². The van der Waals surface area contributed by atoms with Crippen LogP contribution in [-0.4, -0.2) is 10.8 Å². The highest BCUT2D eigenvalue weighted by Crippen LogP contribution is 2.35. The number of benzene rings is 2. The lowest BCUT2D eigenvalue weighted by Gasteiger charge is -2.09. The standard InChI is InChI=1S/C21H13ClFNO3/c22-17-2-1-3-18(23)16(17)12-26-14-4-5-15-19(11-14)27-20(21(15)25)10-13-6-8-24-9-7-13/h1-11H,12H2/b20-10-. The third-order valence-electron chi connectivity index (χ3n) is 4.09. The fraction of sp³-hybridized carbons (Fsp3) is 0.0476. The molecule has 0 bridgehead atoms. The zero-order valence-corrected chi connectivity index (χ0v) is 14.7. The molecule has 0 unspecified atom stereocenters. The summed E-state index contributed by atoms with van der Waals surface area (Å²) in [7, 11) is 0. The molecule has 4 nitrogen and oxygen atoms in total. The lowest BCUT2D eigenvalue weighted by atomic mass is 10.1. The summed E-state index contributed by atoms with van der Waals surface area (Å²) in [4.78, 5) is 16.4. The Kier molecular flexibility index (Phi) is 4.60. The van der Waals surface area contributed by atoms with Gasteiger partial charge >= 0.3 is 0 Å². The van der Waals surface area contributed by atoms with E-state index in [0.29, 0.717) is 22.1 Å². The van der Waals surface area contributed by atoms with Gasteiger partial charge in [-0.2, -0.15) is 0 Å². The highest BCUT2D eigenvalue weighted by Gasteiger charge is 2.27. The van der Waals surface area contributed by atoms with Crippen molar-refractivity contribution >= 4 is 23.5 Å². The molecule has 0 spiro atoms. The monoisotopic (exact) mass is 381 g/mol. The second-order valence-corrected chi connectivity index (χ2v) is 6.27. The number of pyridine rings is 1. The van der Waals surface area contributed by atoms with E-state index in [9.17, 15) is 9.18 Å². The van der Waals surface area contributed by atoms with Gasteiger partial charge in [0.2, 0.25) is 5.78 Å². The SMILES string of the molecule is O=C1/C(=C/c2ccncc2)Oc2cc(OCc3c(F)cccc3Cl)ccc21. The van der Waals surface area contributed by atoms with Gasteiger partial charge in [0, 0.05) is 24.0 Å². The normalized spacial score (nSPS) is 14.1. The Morgan fingerprint density at radius 2 is 1.96 bits per heavy atom. The number of carbonyl (C=O) groups excluding carboxylic acids is 1. The number of nitrogens with zero attached hydrogens (tertiary/aromatic N) is 1. The molecule has 1 aromatic heterocycles. The van der Waals surface area contributed by atoms with Gasteiger partial charge in [-0.15, -0.1) is 0 Å². The first-order valence-electron chi connectivity index (χ1n) is 8.16. The van der Waals surface area contributed by atoms with Crippen molar-refractivity contribution in [2.45, 2.75) is 6.61 Å². The highest BCUT2D eigenvalue weighted by molar-refractivity contribution is 6.31. The molecule has 0 amide bonds. The second kappa shape index (κ2) is 7.21. The number of hydrogen-bond acceptors (Lipinski definition) is 4. The zero-order chi connectivity index (χ0) is 18.8. The summed E-state index contributed by atoms with van der Waals surface area (Å²) in [5.74, 6) is 0.442. The quantitative estimate of drug-likeness (QED) is 0.592. The predicted molar refractivity (Wildman–Crippen MR) is 99.4 cm³/mol. The van der Waals surface area contributed by atoms with Gasteiger partial charge in [-0.05, 0) is 48.0 Å². The molecule has 0 aliphatic carbocycles. The van der Waals surface area contributed by atoms with E-state index >= 15 is 0 Å². The summed E-state index contributed by atoms with van der Waals surface area (Å²) >= 11 is 6.00.